The Morgan fingerprint density at radius 2 is 2.00 bits per heavy atom. The fourth-order valence-corrected chi connectivity index (χ4v) is 2.28. The van der Waals surface area contributed by atoms with Gasteiger partial charge in [0.25, 0.3) is 0 Å². The number of rotatable bonds is 5. The Morgan fingerprint density at radius 1 is 1.44 bits per heavy atom. The van der Waals surface area contributed by atoms with E-state index in [0.29, 0.717) is 11.8 Å². The van der Waals surface area contributed by atoms with Gasteiger partial charge in [-0.25, -0.2) is 0 Å². The second-order valence-electron chi connectivity index (χ2n) is 4.91. The van der Waals surface area contributed by atoms with Crippen LogP contribution in [0.3, 0.4) is 0 Å². The highest BCUT2D eigenvalue weighted by Gasteiger charge is 2.65. The molecule has 0 saturated heterocycles. The number of nitrogens with one attached hydrogen (secondary N) is 1. The number of carboxylic acid groups (broad SMARTS) is 1. The topological polar surface area (TPSA) is 66.4 Å². The third-order valence-corrected chi connectivity index (χ3v) is 4.31. The Bertz CT molecular complexity index is 304. The van der Waals surface area contributed by atoms with Crippen molar-refractivity contribution in [3.05, 3.63) is 0 Å². The van der Waals surface area contributed by atoms with Gasteiger partial charge in [-0.2, -0.15) is 11.8 Å². The zero-order valence-electron chi connectivity index (χ0n) is 10.1. The number of hydrogen-bond donors (Lipinski definition) is 2. The van der Waals surface area contributed by atoms with E-state index in [1.165, 1.54) is 0 Å². The monoisotopic (exact) mass is 245 g/mol. The fraction of sp³-hybridized carbons (Fsp3) is 0.818. The van der Waals surface area contributed by atoms with Gasteiger partial charge in [0.2, 0.25) is 5.91 Å². The second-order valence-corrected chi connectivity index (χ2v) is 6.18. The number of carbonyl (C=O) groups is 2. The molecule has 1 amide bonds. The summed E-state index contributed by atoms with van der Waals surface area (Å²) in [6.45, 7) is 6.28. The van der Waals surface area contributed by atoms with Crippen molar-refractivity contribution < 1.29 is 14.7 Å². The Labute approximate surface area is 100 Å². The Hall–Kier alpha value is -0.710. The molecule has 1 unspecified atom stereocenters. The molecule has 2 N–H and O–H groups in total. The van der Waals surface area contributed by atoms with E-state index in [1.807, 2.05) is 27.0 Å². The summed E-state index contributed by atoms with van der Waals surface area (Å²) in [4.78, 5) is 22.7. The molecular formula is C11H19NO3S. The highest BCUT2D eigenvalue weighted by Crippen LogP contribution is 2.58. The highest BCUT2D eigenvalue weighted by molar-refractivity contribution is 7.99. The highest BCUT2D eigenvalue weighted by atomic mass is 32.2. The molecule has 0 aromatic carbocycles. The minimum Gasteiger partial charge on any atom is -0.481 e. The van der Waals surface area contributed by atoms with E-state index in [1.54, 1.807) is 11.8 Å². The van der Waals surface area contributed by atoms with Crippen molar-refractivity contribution in [3.8, 4) is 0 Å². The number of aliphatic carboxylic acids is 1. The SMILES string of the molecule is CSC(C)CNC(=O)[C@H]1[C@@H](C(=O)O)C1(C)C. The van der Waals surface area contributed by atoms with Gasteiger partial charge in [0.15, 0.2) is 0 Å². The van der Waals surface area contributed by atoms with Gasteiger partial charge >= 0.3 is 5.97 Å². The molecule has 1 aliphatic rings. The molecular weight excluding hydrogens is 226 g/mol. The molecule has 0 aromatic heterocycles. The second kappa shape index (κ2) is 4.65. The Balaban J connectivity index is 2.48. The maximum atomic E-state index is 11.8. The molecule has 5 heteroatoms. The zero-order chi connectivity index (χ0) is 12.5. The smallest absolute Gasteiger partial charge is 0.307 e. The van der Waals surface area contributed by atoms with Gasteiger partial charge in [-0.05, 0) is 11.7 Å². The number of amides is 1. The molecule has 0 aromatic rings. The largest absolute Gasteiger partial charge is 0.481 e. The van der Waals surface area contributed by atoms with Crippen LogP contribution in [0, 0.1) is 17.3 Å². The molecule has 0 heterocycles. The van der Waals surface area contributed by atoms with Crippen molar-refractivity contribution in [2.75, 3.05) is 12.8 Å². The van der Waals surface area contributed by atoms with E-state index in [4.69, 9.17) is 5.11 Å². The van der Waals surface area contributed by atoms with Crippen molar-refractivity contribution in [2.45, 2.75) is 26.0 Å². The van der Waals surface area contributed by atoms with Crippen LogP contribution >= 0.6 is 11.8 Å². The lowest BCUT2D eigenvalue weighted by molar-refractivity contribution is -0.140. The van der Waals surface area contributed by atoms with Crippen LogP contribution in [0.5, 0.6) is 0 Å². The summed E-state index contributed by atoms with van der Waals surface area (Å²) in [5.74, 6) is -1.91. The average Bonchev–Trinajstić information content (AvgIpc) is 2.77. The minimum absolute atomic E-state index is 0.127. The van der Waals surface area contributed by atoms with E-state index in [2.05, 4.69) is 5.32 Å². The molecule has 4 nitrogen and oxygen atoms in total. The van der Waals surface area contributed by atoms with Crippen LogP contribution in [0.4, 0.5) is 0 Å². The van der Waals surface area contributed by atoms with Crippen molar-refractivity contribution in [1.82, 2.24) is 5.32 Å². The molecule has 3 atom stereocenters. The van der Waals surface area contributed by atoms with Gasteiger partial charge < -0.3 is 10.4 Å². The molecule has 1 saturated carbocycles. The molecule has 0 bridgehead atoms. The first-order valence-electron chi connectivity index (χ1n) is 5.35. The Morgan fingerprint density at radius 3 is 2.38 bits per heavy atom. The predicted octanol–water partition coefficient (Wildman–Crippen LogP) is 1.21. The van der Waals surface area contributed by atoms with E-state index in [9.17, 15) is 9.59 Å². The summed E-state index contributed by atoms with van der Waals surface area (Å²) >= 11 is 1.67. The van der Waals surface area contributed by atoms with Crippen LogP contribution in [0.25, 0.3) is 0 Å². The third kappa shape index (κ3) is 2.51. The Kier molecular flexibility index (Phi) is 3.88. The van der Waals surface area contributed by atoms with Gasteiger partial charge in [0, 0.05) is 11.8 Å². The fourth-order valence-electron chi connectivity index (χ4n) is 2.03. The van der Waals surface area contributed by atoms with Crippen molar-refractivity contribution >= 4 is 23.6 Å². The summed E-state index contributed by atoms with van der Waals surface area (Å²) in [6.07, 6.45) is 1.98. The normalized spacial score (nSPS) is 28.2. The van der Waals surface area contributed by atoms with Crippen molar-refractivity contribution in [1.29, 1.82) is 0 Å². The van der Waals surface area contributed by atoms with E-state index in [-0.39, 0.29) is 11.8 Å². The third-order valence-electron chi connectivity index (χ3n) is 3.34. The summed E-state index contributed by atoms with van der Waals surface area (Å²) in [7, 11) is 0. The van der Waals surface area contributed by atoms with Gasteiger partial charge in [-0.15, -0.1) is 0 Å². The van der Waals surface area contributed by atoms with Gasteiger partial charge in [0.05, 0.1) is 11.8 Å². The van der Waals surface area contributed by atoms with Crippen LogP contribution in [0.15, 0.2) is 0 Å². The first kappa shape index (κ1) is 13.4. The number of hydrogen-bond acceptors (Lipinski definition) is 3. The number of carbonyl (C=O) groups excluding carboxylic acids is 1. The van der Waals surface area contributed by atoms with Crippen LogP contribution in [0.2, 0.25) is 0 Å². The molecule has 1 rings (SSSR count). The van der Waals surface area contributed by atoms with Gasteiger partial charge in [-0.1, -0.05) is 20.8 Å². The molecule has 0 spiro atoms. The molecule has 16 heavy (non-hydrogen) atoms. The van der Waals surface area contributed by atoms with Crippen LogP contribution in [0.1, 0.15) is 20.8 Å². The van der Waals surface area contributed by atoms with Gasteiger partial charge in [0.1, 0.15) is 0 Å². The predicted molar refractivity (Wildman–Crippen MR) is 64.4 cm³/mol. The summed E-state index contributed by atoms with van der Waals surface area (Å²) < 4.78 is 0. The van der Waals surface area contributed by atoms with Gasteiger partial charge in [-0.3, -0.25) is 9.59 Å². The maximum absolute atomic E-state index is 11.8. The van der Waals surface area contributed by atoms with E-state index < -0.39 is 17.3 Å². The lowest BCUT2D eigenvalue weighted by Crippen LogP contribution is -2.32. The van der Waals surface area contributed by atoms with Crippen LogP contribution in [-0.2, 0) is 9.59 Å². The van der Waals surface area contributed by atoms with Crippen molar-refractivity contribution in [2.24, 2.45) is 17.3 Å². The molecule has 0 radical (unpaired) electrons. The standard InChI is InChI=1S/C11H19NO3S/c1-6(16-4)5-12-9(13)7-8(10(14)15)11(7,2)3/h6-8H,5H2,1-4H3,(H,12,13)(H,14,15)/t6?,7-,8+/m1/s1. The number of thioether (sulfide) groups is 1. The van der Waals surface area contributed by atoms with Crippen LogP contribution in [-0.4, -0.2) is 35.0 Å². The maximum Gasteiger partial charge on any atom is 0.307 e. The molecule has 0 aliphatic heterocycles. The lowest BCUT2D eigenvalue weighted by atomic mass is 10.1. The number of carboxylic acids is 1. The summed E-state index contributed by atoms with van der Waals surface area (Å²) in [5, 5.41) is 12.1. The van der Waals surface area contributed by atoms with Crippen LogP contribution < -0.4 is 5.32 Å². The zero-order valence-corrected chi connectivity index (χ0v) is 10.9. The summed E-state index contributed by atoms with van der Waals surface area (Å²) in [6, 6.07) is 0. The molecule has 1 aliphatic carbocycles. The van der Waals surface area contributed by atoms with E-state index in [0.717, 1.165) is 0 Å². The average molecular weight is 245 g/mol. The molecule has 1 fully saturated rings. The quantitative estimate of drug-likeness (QED) is 0.764. The first-order valence-corrected chi connectivity index (χ1v) is 6.64. The lowest BCUT2D eigenvalue weighted by Gasteiger charge is -2.10. The minimum atomic E-state index is -0.872. The summed E-state index contributed by atoms with van der Waals surface area (Å²) in [5.41, 5.74) is -0.404. The first-order chi connectivity index (χ1) is 7.32. The molecule has 92 valence electrons. The van der Waals surface area contributed by atoms with Crippen molar-refractivity contribution in [3.63, 3.8) is 0 Å². The van der Waals surface area contributed by atoms with E-state index >= 15 is 0 Å².